The van der Waals surface area contributed by atoms with Crippen molar-refractivity contribution in [2.45, 2.75) is 38.7 Å². The Morgan fingerprint density at radius 3 is 2.82 bits per heavy atom. The first-order valence-electron chi connectivity index (χ1n) is 4.23. The van der Waals surface area contributed by atoms with Crippen LogP contribution in [-0.4, -0.2) is 18.5 Å². The van der Waals surface area contributed by atoms with Crippen LogP contribution < -0.4 is 0 Å². The minimum atomic E-state index is -0.0161. The van der Waals surface area contributed by atoms with Gasteiger partial charge in [-0.25, -0.2) is 0 Å². The Balaban J connectivity index is 2.45. The lowest BCUT2D eigenvalue weighted by molar-refractivity contribution is -0.111. The van der Waals surface area contributed by atoms with Crippen LogP contribution >= 0.6 is 0 Å². The van der Waals surface area contributed by atoms with Crippen molar-refractivity contribution < 1.29 is 9.53 Å². The second-order valence-corrected chi connectivity index (χ2v) is 3.83. The quantitative estimate of drug-likeness (QED) is 0.541. The molecule has 2 heteroatoms. The summed E-state index contributed by atoms with van der Waals surface area (Å²) in [6.45, 7) is 4.90. The second kappa shape index (κ2) is 3.35. The van der Waals surface area contributed by atoms with Crippen LogP contribution in [0.4, 0.5) is 0 Å². The molecule has 1 unspecified atom stereocenters. The van der Waals surface area contributed by atoms with E-state index in [0.29, 0.717) is 0 Å². The van der Waals surface area contributed by atoms with E-state index >= 15 is 0 Å². The Morgan fingerprint density at radius 2 is 2.18 bits per heavy atom. The summed E-state index contributed by atoms with van der Waals surface area (Å²) in [5.74, 6) is 0.233. The Hall–Kier alpha value is -0.370. The first kappa shape index (κ1) is 8.72. The molecule has 1 fully saturated rings. The summed E-state index contributed by atoms with van der Waals surface area (Å²) in [6, 6.07) is 0. The zero-order chi connectivity index (χ0) is 8.32. The van der Waals surface area contributed by atoms with Crippen LogP contribution in [0.1, 0.15) is 33.1 Å². The van der Waals surface area contributed by atoms with Crippen molar-refractivity contribution in [2.24, 2.45) is 5.92 Å². The van der Waals surface area contributed by atoms with E-state index < -0.39 is 0 Å². The molecule has 1 heterocycles. The molecular weight excluding hydrogens is 140 g/mol. The molecule has 0 aliphatic carbocycles. The lowest BCUT2D eigenvalue weighted by Crippen LogP contribution is -2.22. The van der Waals surface area contributed by atoms with Crippen molar-refractivity contribution in [1.82, 2.24) is 0 Å². The Kier molecular flexibility index (Phi) is 2.66. The zero-order valence-electron chi connectivity index (χ0n) is 7.30. The minimum Gasteiger partial charge on any atom is -0.376 e. The first-order chi connectivity index (χ1) is 5.14. The zero-order valence-corrected chi connectivity index (χ0v) is 7.30. The summed E-state index contributed by atoms with van der Waals surface area (Å²) >= 11 is 0. The van der Waals surface area contributed by atoms with Gasteiger partial charge < -0.3 is 9.53 Å². The molecule has 64 valence electrons. The molecule has 0 N–H and O–H groups in total. The van der Waals surface area contributed by atoms with Crippen LogP contribution in [0.5, 0.6) is 0 Å². The first-order valence-corrected chi connectivity index (χ1v) is 4.23. The van der Waals surface area contributed by atoms with E-state index in [1.165, 1.54) is 0 Å². The Labute approximate surface area is 67.9 Å². The molecule has 0 bridgehead atoms. The molecule has 1 aliphatic heterocycles. The van der Waals surface area contributed by atoms with E-state index in [4.69, 9.17) is 4.74 Å². The van der Waals surface area contributed by atoms with Crippen LogP contribution in [0.25, 0.3) is 0 Å². The van der Waals surface area contributed by atoms with E-state index in [-0.39, 0.29) is 11.5 Å². The average Bonchev–Trinajstić information content (AvgIpc) is 2.10. The molecule has 1 atom stereocenters. The normalized spacial score (nSPS) is 30.9. The summed E-state index contributed by atoms with van der Waals surface area (Å²) in [5.41, 5.74) is -0.0161. The molecule has 1 saturated heterocycles. The predicted molar refractivity (Wildman–Crippen MR) is 43.4 cm³/mol. The molecule has 0 spiro atoms. The van der Waals surface area contributed by atoms with Crippen molar-refractivity contribution in [3.63, 3.8) is 0 Å². The van der Waals surface area contributed by atoms with Gasteiger partial charge in [-0.15, -0.1) is 0 Å². The maximum absolute atomic E-state index is 10.5. The van der Waals surface area contributed by atoms with E-state index in [1.54, 1.807) is 0 Å². The molecule has 0 aromatic heterocycles. The standard InChI is InChI=1S/C9H16O2/c1-9(2)5-3-8(7-10)4-6-11-9/h7-8H,3-6H2,1-2H3. The molecule has 11 heavy (non-hydrogen) atoms. The van der Waals surface area contributed by atoms with E-state index in [9.17, 15) is 4.79 Å². The lowest BCUT2D eigenvalue weighted by atomic mass is 9.96. The lowest BCUT2D eigenvalue weighted by Gasteiger charge is -2.22. The van der Waals surface area contributed by atoms with Crippen molar-refractivity contribution in [3.05, 3.63) is 0 Å². The fraction of sp³-hybridized carbons (Fsp3) is 0.889. The van der Waals surface area contributed by atoms with Crippen molar-refractivity contribution in [1.29, 1.82) is 0 Å². The number of carbonyl (C=O) groups excluding carboxylic acids is 1. The third-order valence-electron chi connectivity index (χ3n) is 2.29. The monoisotopic (exact) mass is 156 g/mol. The van der Waals surface area contributed by atoms with Gasteiger partial charge in [-0.1, -0.05) is 0 Å². The molecule has 1 aliphatic rings. The van der Waals surface area contributed by atoms with Crippen LogP contribution in [0.15, 0.2) is 0 Å². The molecule has 0 aromatic carbocycles. The molecule has 0 radical (unpaired) electrons. The number of ether oxygens (including phenoxy) is 1. The highest BCUT2D eigenvalue weighted by Crippen LogP contribution is 2.25. The summed E-state index contributed by atoms with van der Waals surface area (Å²) in [4.78, 5) is 10.5. The maximum atomic E-state index is 10.5. The number of hydrogen-bond acceptors (Lipinski definition) is 2. The van der Waals surface area contributed by atoms with E-state index in [0.717, 1.165) is 32.2 Å². The largest absolute Gasteiger partial charge is 0.376 e. The molecule has 2 nitrogen and oxygen atoms in total. The van der Waals surface area contributed by atoms with Gasteiger partial charge in [-0.2, -0.15) is 0 Å². The topological polar surface area (TPSA) is 26.3 Å². The van der Waals surface area contributed by atoms with Crippen LogP contribution in [0.2, 0.25) is 0 Å². The van der Waals surface area contributed by atoms with Gasteiger partial charge in [0.05, 0.1) is 5.60 Å². The van der Waals surface area contributed by atoms with Gasteiger partial charge in [0, 0.05) is 12.5 Å². The highest BCUT2D eigenvalue weighted by Gasteiger charge is 2.24. The predicted octanol–water partition coefficient (Wildman–Crippen LogP) is 1.78. The Morgan fingerprint density at radius 1 is 1.45 bits per heavy atom. The summed E-state index contributed by atoms with van der Waals surface area (Å²) < 4.78 is 5.56. The second-order valence-electron chi connectivity index (χ2n) is 3.83. The third kappa shape index (κ3) is 2.62. The van der Waals surface area contributed by atoms with Gasteiger partial charge in [-0.3, -0.25) is 0 Å². The highest BCUT2D eigenvalue weighted by molar-refractivity contribution is 5.53. The van der Waals surface area contributed by atoms with Crippen LogP contribution in [-0.2, 0) is 9.53 Å². The minimum absolute atomic E-state index is 0.0161. The van der Waals surface area contributed by atoms with Crippen molar-refractivity contribution in [3.8, 4) is 0 Å². The SMILES string of the molecule is CC1(C)CCC(C=O)CCO1. The number of hydrogen-bond donors (Lipinski definition) is 0. The summed E-state index contributed by atoms with van der Waals surface area (Å²) in [5, 5.41) is 0. The van der Waals surface area contributed by atoms with Gasteiger partial charge >= 0.3 is 0 Å². The summed E-state index contributed by atoms with van der Waals surface area (Å²) in [7, 11) is 0. The molecule has 0 aromatic rings. The smallest absolute Gasteiger partial charge is 0.123 e. The average molecular weight is 156 g/mol. The number of rotatable bonds is 1. The van der Waals surface area contributed by atoms with E-state index in [2.05, 4.69) is 13.8 Å². The fourth-order valence-electron chi connectivity index (χ4n) is 1.37. The van der Waals surface area contributed by atoms with Gasteiger partial charge in [0.1, 0.15) is 6.29 Å². The number of aldehydes is 1. The van der Waals surface area contributed by atoms with Crippen molar-refractivity contribution in [2.75, 3.05) is 6.61 Å². The van der Waals surface area contributed by atoms with Gasteiger partial charge in [0.15, 0.2) is 0 Å². The van der Waals surface area contributed by atoms with Crippen molar-refractivity contribution >= 4 is 6.29 Å². The van der Waals surface area contributed by atoms with Gasteiger partial charge in [0.25, 0.3) is 0 Å². The molecule has 0 amide bonds. The maximum Gasteiger partial charge on any atom is 0.123 e. The van der Waals surface area contributed by atoms with E-state index in [1.807, 2.05) is 0 Å². The highest BCUT2D eigenvalue weighted by atomic mass is 16.5. The third-order valence-corrected chi connectivity index (χ3v) is 2.29. The van der Waals surface area contributed by atoms with Crippen LogP contribution in [0, 0.1) is 5.92 Å². The Bertz CT molecular complexity index is 140. The fourth-order valence-corrected chi connectivity index (χ4v) is 1.37. The molecule has 1 rings (SSSR count). The molecular formula is C9H16O2. The van der Waals surface area contributed by atoms with Gasteiger partial charge in [-0.05, 0) is 33.1 Å². The van der Waals surface area contributed by atoms with Crippen LogP contribution in [0.3, 0.4) is 0 Å². The number of carbonyl (C=O) groups is 1. The summed E-state index contributed by atoms with van der Waals surface area (Å²) in [6.07, 6.45) is 3.94. The van der Waals surface area contributed by atoms with Gasteiger partial charge in [0.2, 0.25) is 0 Å². The molecule has 0 saturated carbocycles.